The van der Waals surface area contributed by atoms with E-state index >= 15 is 0 Å². The largest absolute Gasteiger partial charge is 0.394 e. The molecule has 12 N–H and O–H groups in total. The van der Waals surface area contributed by atoms with Crippen LogP contribution in [0.4, 0.5) is 0 Å². The van der Waals surface area contributed by atoms with E-state index < -0.39 is 124 Å². The first-order chi connectivity index (χ1) is 48.8. The minimum Gasteiger partial charge on any atom is -0.394 e. The van der Waals surface area contributed by atoms with Gasteiger partial charge in [-0.3, -0.25) is 4.79 Å². The number of amides is 1. The van der Waals surface area contributed by atoms with Gasteiger partial charge in [-0.2, -0.15) is 0 Å². The number of unbranched alkanes of at least 4 members (excludes halogenated alkanes) is 28. The van der Waals surface area contributed by atoms with Gasteiger partial charge in [0.25, 0.3) is 0 Å². The Morgan fingerprint density at radius 1 is 0.370 bits per heavy atom. The smallest absolute Gasteiger partial charge is 0.220 e. The molecular formula is C81H139NO18. The van der Waals surface area contributed by atoms with Crippen LogP contribution in [0, 0.1) is 0 Å². The van der Waals surface area contributed by atoms with Crippen molar-refractivity contribution in [1.29, 1.82) is 0 Å². The molecule has 19 nitrogen and oxygen atoms in total. The number of aliphatic hydroxyl groups excluding tert-OH is 11. The number of ether oxygens (including phenoxy) is 6. The second-order valence-corrected chi connectivity index (χ2v) is 27.4. The molecule has 0 aromatic rings. The highest BCUT2D eigenvalue weighted by Crippen LogP contribution is 2.33. The molecule has 1 amide bonds. The molecule has 0 aromatic carbocycles. The standard InChI is InChI=1S/C81H139NO18/c1-3-5-7-9-11-13-15-17-19-20-21-22-23-24-25-26-27-28-29-30-31-32-33-34-35-36-37-38-39-40-41-42-43-44-45-47-49-51-53-55-57-59-69(87)82-64(65(86)58-56-54-52-50-48-46-18-16-14-12-10-8-6-4-2)63-95-79-75(93)72(90)77(67(61-84)97-79)100-81-76(94)73(91)78(68(62-85)98-81)99-80-74(92)71(89)70(88)66(60-83)96-80/h5,7,11,13-14,16-17,19,21-22,24-25,27-28,48,50,56,58,64-68,70-81,83-86,88-94H,3-4,6,8-10,12,15,18,20,23,26,29-47,49,51-55,57,59-63H2,1-2H3,(H,82,87)/b7-5-,13-11-,16-14+,19-17-,22-21-,25-24-,28-27-,50-48+,58-56+. The lowest BCUT2D eigenvalue weighted by Crippen LogP contribution is -2.66. The average Bonchev–Trinajstić information content (AvgIpc) is 0.783. The number of nitrogens with one attached hydrogen (secondary N) is 1. The van der Waals surface area contributed by atoms with Gasteiger partial charge >= 0.3 is 0 Å². The lowest BCUT2D eigenvalue weighted by molar-refractivity contribution is -0.379. The van der Waals surface area contributed by atoms with Crippen LogP contribution in [-0.2, 0) is 33.2 Å². The van der Waals surface area contributed by atoms with Crippen LogP contribution in [-0.4, -0.2) is 193 Å². The predicted octanol–water partition coefficient (Wildman–Crippen LogP) is 12.6. The maximum Gasteiger partial charge on any atom is 0.220 e. The van der Waals surface area contributed by atoms with E-state index in [1.54, 1.807) is 6.08 Å². The maximum atomic E-state index is 13.4. The zero-order chi connectivity index (χ0) is 72.5. The summed E-state index contributed by atoms with van der Waals surface area (Å²) in [6.07, 6.45) is 56.8. The molecule has 3 rings (SSSR count). The maximum absolute atomic E-state index is 13.4. The Morgan fingerprint density at radius 2 is 0.700 bits per heavy atom. The topological polar surface area (TPSA) is 307 Å². The van der Waals surface area contributed by atoms with Gasteiger partial charge in [0.05, 0.1) is 38.6 Å². The molecule has 3 saturated heterocycles. The molecule has 0 saturated carbocycles. The third-order valence-corrected chi connectivity index (χ3v) is 18.8. The van der Waals surface area contributed by atoms with Crippen molar-refractivity contribution in [2.24, 2.45) is 0 Å². The number of carbonyl (C=O) groups excluding carboxylic acids is 1. The average molecular weight is 1410 g/mol. The number of allylic oxidation sites excluding steroid dienone is 17. The Labute approximate surface area is 602 Å². The highest BCUT2D eigenvalue weighted by atomic mass is 16.8. The lowest BCUT2D eigenvalue weighted by atomic mass is 9.96. The molecule has 0 spiro atoms. The molecule has 3 heterocycles. The zero-order valence-electron chi connectivity index (χ0n) is 61.4. The Bertz CT molecular complexity index is 2230. The summed E-state index contributed by atoms with van der Waals surface area (Å²) in [6.45, 7) is 1.56. The van der Waals surface area contributed by atoms with Crippen molar-refractivity contribution in [3.8, 4) is 0 Å². The summed E-state index contributed by atoms with van der Waals surface area (Å²) < 4.78 is 34.3. The van der Waals surface area contributed by atoms with Crippen molar-refractivity contribution in [3.05, 3.63) is 109 Å². The van der Waals surface area contributed by atoms with Crippen LogP contribution in [0.2, 0.25) is 0 Å². The number of rotatable bonds is 60. The Morgan fingerprint density at radius 3 is 1.12 bits per heavy atom. The monoisotopic (exact) mass is 1410 g/mol. The highest BCUT2D eigenvalue weighted by Gasteiger charge is 2.53. The van der Waals surface area contributed by atoms with Gasteiger partial charge in [-0.25, -0.2) is 0 Å². The summed E-state index contributed by atoms with van der Waals surface area (Å²) in [6, 6.07) is -0.999. The first-order valence-electron chi connectivity index (χ1n) is 39.1. The van der Waals surface area contributed by atoms with Crippen molar-refractivity contribution in [2.75, 3.05) is 26.4 Å². The number of hydrogen-bond acceptors (Lipinski definition) is 18. The lowest BCUT2D eigenvalue weighted by Gasteiger charge is -2.48. The summed E-state index contributed by atoms with van der Waals surface area (Å²) >= 11 is 0. The molecule has 3 aliphatic rings. The van der Waals surface area contributed by atoms with Crippen LogP contribution in [0.15, 0.2) is 109 Å². The van der Waals surface area contributed by atoms with Crippen molar-refractivity contribution in [3.63, 3.8) is 0 Å². The minimum absolute atomic E-state index is 0.230. The summed E-state index contributed by atoms with van der Waals surface area (Å²) in [4.78, 5) is 13.4. The van der Waals surface area contributed by atoms with E-state index in [-0.39, 0.29) is 18.9 Å². The molecule has 3 fully saturated rings. The van der Waals surface area contributed by atoms with Gasteiger partial charge in [-0.05, 0) is 96.3 Å². The number of hydrogen-bond donors (Lipinski definition) is 12. The first kappa shape index (κ1) is 90.7. The van der Waals surface area contributed by atoms with Crippen molar-refractivity contribution in [1.82, 2.24) is 5.32 Å². The van der Waals surface area contributed by atoms with E-state index in [2.05, 4.69) is 116 Å². The summed E-state index contributed by atoms with van der Waals surface area (Å²) in [5.41, 5.74) is 0. The molecule has 0 aromatic heterocycles. The molecule has 100 heavy (non-hydrogen) atoms. The molecule has 0 bridgehead atoms. The normalized spacial score (nSPS) is 27.1. The van der Waals surface area contributed by atoms with Crippen molar-refractivity contribution in [2.45, 2.75) is 369 Å². The fraction of sp³-hybridized carbons (Fsp3) is 0.765. The second-order valence-electron chi connectivity index (χ2n) is 27.4. The van der Waals surface area contributed by atoms with Crippen LogP contribution in [0.3, 0.4) is 0 Å². The van der Waals surface area contributed by atoms with Crippen molar-refractivity contribution < 1.29 is 89.4 Å². The molecule has 19 heteroatoms. The zero-order valence-corrected chi connectivity index (χ0v) is 61.4. The van der Waals surface area contributed by atoms with Gasteiger partial charge in [0.15, 0.2) is 18.9 Å². The van der Waals surface area contributed by atoms with Crippen LogP contribution in [0.25, 0.3) is 0 Å². The van der Waals surface area contributed by atoms with Crippen LogP contribution >= 0.6 is 0 Å². The molecule has 576 valence electrons. The van der Waals surface area contributed by atoms with Crippen molar-refractivity contribution >= 4 is 5.91 Å². The summed E-state index contributed by atoms with van der Waals surface area (Å²) in [7, 11) is 0. The third-order valence-electron chi connectivity index (χ3n) is 18.8. The fourth-order valence-electron chi connectivity index (χ4n) is 12.5. The Balaban J connectivity index is 1.29. The first-order valence-corrected chi connectivity index (χ1v) is 39.1. The van der Waals surface area contributed by atoms with Gasteiger partial charge < -0.3 is 89.9 Å². The highest BCUT2D eigenvalue weighted by molar-refractivity contribution is 5.76. The molecule has 0 aliphatic carbocycles. The van der Waals surface area contributed by atoms with Gasteiger partial charge in [0, 0.05) is 6.42 Å². The van der Waals surface area contributed by atoms with Gasteiger partial charge in [0.2, 0.25) is 5.91 Å². The number of carbonyl (C=O) groups is 1. The molecule has 3 aliphatic heterocycles. The molecule has 17 unspecified atom stereocenters. The van der Waals surface area contributed by atoms with E-state index in [1.165, 1.54) is 148 Å². The molecule has 0 radical (unpaired) electrons. The van der Waals surface area contributed by atoms with E-state index in [1.807, 2.05) is 6.08 Å². The van der Waals surface area contributed by atoms with Crippen LogP contribution < -0.4 is 5.32 Å². The predicted molar refractivity (Wildman–Crippen MR) is 397 cm³/mol. The summed E-state index contributed by atoms with van der Waals surface area (Å²) in [5, 5.41) is 121. The second kappa shape index (κ2) is 60.7. The number of aliphatic hydroxyl groups is 11. The van der Waals surface area contributed by atoms with E-state index in [0.29, 0.717) is 12.8 Å². The third kappa shape index (κ3) is 40.6. The Hall–Kier alpha value is -3.55. The van der Waals surface area contributed by atoms with Gasteiger partial charge in [-0.1, -0.05) is 271 Å². The minimum atomic E-state index is -1.99. The van der Waals surface area contributed by atoms with Gasteiger partial charge in [0.1, 0.15) is 73.2 Å². The quantitative estimate of drug-likeness (QED) is 0.0199. The molecular weight excluding hydrogens is 1270 g/mol. The Kier molecular flexibility index (Phi) is 55.0. The van der Waals surface area contributed by atoms with Gasteiger partial charge in [-0.15, -0.1) is 0 Å². The fourth-order valence-corrected chi connectivity index (χ4v) is 12.5. The van der Waals surface area contributed by atoms with E-state index in [4.69, 9.17) is 28.4 Å². The van der Waals surface area contributed by atoms with E-state index in [0.717, 1.165) is 83.5 Å². The molecule has 17 atom stereocenters. The van der Waals surface area contributed by atoms with Crippen LogP contribution in [0.5, 0.6) is 0 Å². The van der Waals surface area contributed by atoms with Crippen LogP contribution in [0.1, 0.15) is 264 Å². The van der Waals surface area contributed by atoms with E-state index in [9.17, 15) is 61.0 Å². The summed E-state index contributed by atoms with van der Waals surface area (Å²) in [5.74, 6) is -0.290. The SMILES string of the molecule is CC/C=C\C/C=C\C/C=C\C/C=C\C/C=C\C/C=C\CCCCCCCCCCCCCCCCCCCCCCCCC(=O)NC(COC1OC(CO)C(OC2OC(CO)C(OC3OC(CO)C(O)C(O)C3O)C(O)C2O)C(O)C1O)C(O)/C=C/CC/C=C/CC/C=C/CCCCCC.